The molecule has 1 saturated carbocycles. The summed E-state index contributed by atoms with van der Waals surface area (Å²) in [5.74, 6) is -0.596. The monoisotopic (exact) mass is 432 g/mol. The molecule has 1 atom stereocenters. The molecule has 9 heteroatoms. The van der Waals surface area contributed by atoms with Crippen LogP contribution in [-0.4, -0.2) is 33.3 Å². The van der Waals surface area contributed by atoms with Crippen LogP contribution in [0.3, 0.4) is 0 Å². The van der Waals surface area contributed by atoms with E-state index in [2.05, 4.69) is 20.8 Å². The van der Waals surface area contributed by atoms with Crippen molar-refractivity contribution in [1.29, 1.82) is 0 Å². The molecular formula is C22H23F3N4O2. The van der Waals surface area contributed by atoms with Crippen LogP contribution in [0.15, 0.2) is 48.7 Å². The predicted octanol–water partition coefficient (Wildman–Crippen LogP) is 4.15. The number of halogens is 3. The number of amides is 1. The van der Waals surface area contributed by atoms with Gasteiger partial charge in [0.15, 0.2) is 6.10 Å². The van der Waals surface area contributed by atoms with Gasteiger partial charge in [-0.1, -0.05) is 12.1 Å². The lowest BCUT2D eigenvalue weighted by molar-refractivity contribution is -0.137. The standard InChI is InChI=1S/C22H23F3N4O2/c23-22(24,25)15-3-1-13(2-4-15)20(30)21(31)28-17-7-5-16(6-8-17)27-18-9-10-19-14(11-18)12-26-29-19/h1-4,9-12,16-17,20,27,30H,5-8H2,(H,26,29)(H,28,31). The molecule has 0 saturated heterocycles. The Kier molecular flexibility index (Phi) is 5.86. The van der Waals surface area contributed by atoms with E-state index in [9.17, 15) is 23.1 Å². The Balaban J connectivity index is 1.27. The van der Waals surface area contributed by atoms with Crippen LogP contribution in [0, 0.1) is 0 Å². The summed E-state index contributed by atoms with van der Waals surface area (Å²) < 4.78 is 38.0. The molecule has 31 heavy (non-hydrogen) atoms. The Labute approximate surface area is 176 Å². The Bertz CT molecular complexity index is 1040. The van der Waals surface area contributed by atoms with Gasteiger partial charge in [-0.15, -0.1) is 0 Å². The second kappa shape index (κ2) is 8.58. The summed E-state index contributed by atoms with van der Waals surface area (Å²) in [6, 6.07) is 10.2. The molecule has 1 fully saturated rings. The fourth-order valence-corrected chi connectivity index (χ4v) is 3.94. The smallest absolute Gasteiger partial charge is 0.382 e. The summed E-state index contributed by atoms with van der Waals surface area (Å²) >= 11 is 0. The number of fused-ring (bicyclic) bond motifs is 1. The van der Waals surface area contributed by atoms with E-state index in [1.165, 1.54) is 0 Å². The zero-order chi connectivity index (χ0) is 22.0. The molecule has 6 nitrogen and oxygen atoms in total. The number of carbonyl (C=O) groups is 1. The number of nitrogens with one attached hydrogen (secondary N) is 3. The molecule has 1 aliphatic carbocycles. The van der Waals surface area contributed by atoms with Crippen LogP contribution in [0.1, 0.15) is 42.9 Å². The van der Waals surface area contributed by atoms with Crippen LogP contribution >= 0.6 is 0 Å². The van der Waals surface area contributed by atoms with E-state index in [-0.39, 0.29) is 17.6 Å². The average Bonchev–Trinajstić information content (AvgIpc) is 3.22. The number of hydrogen-bond acceptors (Lipinski definition) is 4. The highest BCUT2D eigenvalue weighted by Crippen LogP contribution is 2.30. The molecular weight excluding hydrogens is 409 g/mol. The lowest BCUT2D eigenvalue weighted by atomic mass is 9.90. The highest BCUT2D eigenvalue weighted by Gasteiger charge is 2.31. The van der Waals surface area contributed by atoms with E-state index >= 15 is 0 Å². The molecule has 1 heterocycles. The molecule has 1 aromatic heterocycles. The first-order chi connectivity index (χ1) is 14.8. The summed E-state index contributed by atoms with van der Waals surface area (Å²) in [7, 11) is 0. The lowest BCUT2D eigenvalue weighted by Crippen LogP contribution is -2.42. The van der Waals surface area contributed by atoms with Gasteiger partial charge in [0.25, 0.3) is 5.91 Å². The third kappa shape index (κ3) is 4.99. The zero-order valence-corrected chi connectivity index (χ0v) is 16.6. The van der Waals surface area contributed by atoms with Crippen molar-refractivity contribution in [3.05, 3.63) is 59.8 Å². The molecule has 0 bridgehead atoms. The third-order valence-corrected chi connectivity index (χ3v) is 5.69. The molecule has 4 rings (SSSR count). The molecule has 1 amide bonds. The van der Waals surface area contributed by atoms with Crippen molar-refractivity contribution in [2.75, 3.05) is 5.32 Å². The number of rotatable bonds is 5. The first-order valence-corrected chi connectivity index (χ1v) is 10.1. The zero-order valence-electron chi connectivity index (χ0n) is 16.6. The predicted molar refractivity (Wildman–Crippen MR) is 110 cm³/mol. The molecule has 0 spiro atoms. The van der Waals surface area contributed by atoms with Gasteiger partial charge in [0.2, 0.25) is 0 Å². The van der Waals surface area contributed by atoms with Crippen LogP contribution in [0.2, 0.25) is 0 Å². The maximum absolute atomic E-state index is 12.7. The van der Waals surface area contributed by atoms with Crippen molar-refractivity contribution in [2.24, 2.45) is 0 Å². The fraction of sp³-hybridized carbons (Fsp3) is 0.364. The van der Waals surface area contributed by atoms with Crippen LogP contribution in [0.25, 0.3) is 10.9 Å². The minimum atomic E-state index is -4.46. The summed E-state index contributed by atoms with van der Waals surface area (Å²) in [4.78, 5) is 12.4. The van der Waals surface area contributed by atoms with E-state index in [0.29, 0.717) is 0 Å². The van der Waals surface area contributed by atoms with Gasteiger partial charge >= 0.3 is 6.18 Å². The number of alkyl halides is 3. The summed E-state index contributed by atoms with van der Waals surface area (Å²) in [6.45, 7) is 0. The quantitative estimate of drug-likeness (QED) is 0.488. The number of benzene rings is 2. The maximum atomic E-state index is 12.7. The van der Waals surface area contributed by atoms with E-state index < -0.39 is 23.8 Å². The van der Waals surface area contributed by atoms with Crippen molar-refractivity contribution < 1.29 is 23.1 Å². The van der Waals surface area contributed by atoms with Crippen LogP contribution in [0.4, 0.5) is 18.9 Å². The van der Waals surface area contributed by atoms with Gasteiger partial charge in [-0.05, 0) is 61.6 Å². The highest BCUT2D eigenvalue weighted by atomic mass is 19.4. The van der Waals surface area contributed by atoms with Gasteiger partial charge in [-0.2, -0.15) is 18.3 Å². The Morgan fingerprint density at radius 1 is 1.06 bits per heavy atom. The number of carbonyl (C=O) groups excluding carboxylic acids is 1. The Morgan fingerprint density at radius 3 is 2.42 bits per heavy atom. The van der Waals surface area contributed by atoms with Gasteiger partial charge in [-0.25, -0.2) is 0 Å². The minimum absolute atomic E-state index is 0.0778. The first kappa shape index (κ1) is 21.2. The number of hydrogen-bond donors (Lipinski definition) is 4. The van der Waals surface area contributed by atoms with Crippen molar-refractivity contribution in [1.82, 2.24) is 15.5 Å². The minimum Gasteiger partial charge on any atom is -0.382 e. The van der Waals surface area contributed by atoms with Gasteiger partial charge in [0.1, 0.15) is 0 Å². The largest absolute Gasteiger partial charge is 0.416 e. The van der Waals surface area contributed by atoms with Gasteiger partial charge in [0.05, 0.1) is 17.3 Å². The molecule has 0 aliphatic heterocycles. The average molecular weight is 432 g/mol. The molecule has 4 N–H and O–H groups in total. The van der Waals surface area contributed by atoms with Crippen LogP contribution in [0.5, 0.6) is 0 Å². The Hall–Kier alpha value is -3.07. The number of H-pyrrole nitrogens is 1. The number of aliphatic hydroxyl groups is 1. The van der Waals surface area contributed by atoms with Crippen molar-refractivity contribution in [3.63, 3.8) is 0 Å². The second-order valence-corrected chi connectivity index (χ2v) is 7.90. The highest BCUT2D eigenvalue weighted by molar-refractivity contribution is 5.82. The van der Waals surface area contributed by atoms with Gasteiger partial charge in [0, 0.05) is 23.2 Å². The van der Waals surface area contributed by atoms with Crippen molar-refractivity contribution in [2.45, 2.75) is 50.0 Å². The van der Waals surface area contributed by atoms with Gasteiger partial charge in [-0.3, -0.25) is 9.89 Å². The molecule has 2 aromatic carbocycles. The van der Waals surface area contributed by atoms with E-state index in [1.807, 2.05) is 18.2 Å². The normalized spacial score (nSPS) is 20.4. The maximum Gasteiger partial charge on any atom is 0.416 e. The molecule has 1 aliphatic rings. The van der Waals surface area contributed by atoms with Crippen molar-refractivity contribution in [3.8, 4) is 0 Å². The summed E-state index contributed by atoms with van der Waals surface area (Å²) in [5, 5.41) is 24.5. The fourth-order valence-electron chi connectivity index (χ4n) is 3.94. The van der Waals surface area contributed by atoms with E-state index in [4.69, 9.17) is 0 Å². The molecule has 3 aromatic rings. The number of nitrogens with zero attached hydrogens (tertiary/aromatic N) is 1. The third-order valence-electron chi connectivity index (χ3n) is 5.69. The number of aromatic nitrogens is 2. The molecule has 0 radical (unpaired) electrons. The topological polar surface area (TPSA) is 90.0 Å². The molecule has 1 unspecified atom stereocenters. The second-order valence-electron chi connectivity index (χ2n) is 7.90. The number of anilines is 1. The summed E-state index contributed by atoms with van der Waals surface area (Å²) in [5.41, 5.74) is 1.31. The van der Waals surface area contributed by atoms with Crippen LogP contribution in [-0.2, 0) is 11.0 Å². The van der Waals surface area contributed by atoms with Crippen LogP contribution < -0.4 is 10.6 Å². The SMILES string of the molecule is O=C(NC1CCC(Nc2ccc3[nH]ncc3c2)CC1)C(O)c1ccc(C(F)(F)F)cc1. The first-order valence-electron chi connectivity index (χ1n) is 10.1. The van der Waals surface area contributed by atoms with E-state index in [0.717, 1.165) is 66.5 Å². The molecule has 164 valence electrons. The number of aromatic amines is 1. The van der Waals surface area contributed by atoms with E-state index in [1.54, 1.807) is 6.20 Å². The Morgan fingerprint density at radius 2 is 1.74 bits per heavy atom. The number of aliphatic hydroxyl groups excluding tert-OH is 1. The lowest BCUT2D eigenvalue weighted by Gasteiger charge is -2.31. The summed E-state index contributed by atoms with van der Waals surface area (Å²) in [6.07, 6.45) is -0.985. The van der Waals surface area contributed by atoms with Gasteiger partial charge < -0.3 is 15.7 Å². The van der Waals surface area contributed by atoms with Crippen molar-refractivity contribution >= 4 is 22.5 Å².